The Kier molecular flexibility index (Phi) is 3.85. The number of benzene rings is 1. The Morgan fingerprint density at radius 2 is 2.00 bits per heavy atom. The molecule has 1 aliphatic heterocycles. The number of hydrogen-bond acceptors (Lipinski definition) is 3. The molecule has 1 aliphatic rings. The number of nitrogens with zero attached hydrogens (tertiary/aromatic N) is 3. The van der Waals surface area contributed by atoms with Crippen LogP contribution in [0.15, 0.2) is 24.3 Å². The molecule has 2 rings (SSSR count). The van der Waals surface area contributed by atoms with Crippen molar-refractivity contribution in [1.29, 1.82) is 5.26 Å². The highest BCUT2D eigenvalue weighted by molar-refractivity contribution is 5.92. The lowest BCUT2D eigenvalue weighted by Crippen LogP contribution is -2.42. The Morgan fingerprint density at radius 3 is 2.48 bits per heavy atom. The van der Waals surface area contributed by atoms with Crippen LogP contribution in [-0.4, -0.2) is 42.1 Å². The number of rotatable bonds is 2. The van der Waals surface area contributed by atoms with E-state index in [0.29, 0.717) is 24.2 Å². The molecule has 1 fully saturated rings. The van der Waals surface area contributed by atoms with E-state index in [4.69, 9.17) is 5.26 Å². The fourth-order valence-corrected chi connectivity index (χ4v) is 2.38. The number of carboxylic acids is 1. The quantitative estimate of drug-likeness (QED) is 0.900. The predicted molar refractivity (Wildman–Crippen MR) is 76.9 cm³/mol. The van der Waals surface area contributed by atoms with Gasteiger partial charge in [-0.1, -0.05) is 0 Å². The molecule has 0 saturated carbocycles. The summed E-state index contributed by atoms with van der Waals surface area (Å²) >= 11 is 0. The molecule has 1 aromatic carbocycles. The zero-order chi connectivity index (χ0) is 15.6. The zero-order valence-corrected chi connectivity index (χ0v) is 12.0. The Balaban J connectivity index is 2.10. The number of anilines is 1. The first-order chi connectivity index (χ1) is 9.87. The highest BCUT2D eigenvalue weighted by Crippen LogP contribution is 2.31. The Bertz CT molecular complexity index is 606. The second-order valence-electron chi connectivity index (χ2n) is 5.54. The molecule has 0 bridgehead atoms. The summed E-state index contributed by atoms with van der Waals surface area (Å²) in [5.74, 6) is -0.876. The molecule has 1 atom stereocenters. The van der Waals surface area contributed by atoms with E-state index in [2.05, 4.69) is 0 Å². The van der Waals surface area contributed by atoms with Crippen molar-refractivity contribution in [3.63, 3.8) is 0 Å². The predicted octanol–water partition coefficient (Wildman–Crippen LogP) is 1.91. The minimum Gasteiger partial charge on any atom is -0.481 e. The van der Waals surface area contributed by atoms with E-state index in [1.54, 1.807) is 43.1 Å². The molecule has 1 unspecified atom stereocenters. The van der Waals surface area contributed by atoms with Gasteiger partial charge in [-0.05, 0) is 37.6 Å². The number of aliphatic carboxylic acids is 1. The third kappa shape index (κ3) is 2.82. The zero-order valence-electron chi connectivity index (χ0n) is 12.0. The number of hydrogen-bond donors (Lipinski definition) is 1. The second-order valence-corrected chi connectivity index (χ2v) is 5.54. The number of nitriles is 1. The Hall–Kier alpha value is -2.55. The normalized spacial score (nSPS) is 20.9. The van der Waals surface area contributed by atoms with E-state index in [9.17, 15) is 14.7 Å². The molecule has 21 heavy (non-hydrogen) atoms. The maximum atomic E-state index is 12.4. The standard InChI is InChI=1S/C15H17N3O3/c1-15(13(19)20)7-8-18(10-15)14(21)17(2)12-5-3-11(9-16)4-6-12/h3-6H,7-8,10H2,1-2H3,(H,19,20). The van der Waals surface area contributed by atoms with Crippen molar-refractivity contribution in [1.82, 2.24) is 4.90 Å². The average Bonchev–Trinajstić information content (AvgIpc) is 2.90. The van der Waals surface area contributed by atoms with E-state index in [1.165, 1.54) is 4.90 Å². The maximum Gasteiger partial charge on any atom is 0.324 e. The van der Waals surface area contributed by atoms with E-state index in [-0.39, 0.29) is 12.6 Å². The second kappa shape index (κ2) is 5.44. The van der Waals surface area contributed by atoms with Gasteiger partial charge in [0.15, 0.2) is 0 Å². The third-order valence-corrected chi connectivity index (χ3v) is 3.93. The van der Waals surface area contributed by atoms with Gasteiger partial charge in [-0.15, -0.1) is 0 Å². The molecule has 0 aliphatic carbocycles. The summed E-state index contributed by atoms with van der Waals surface area (Å²) in [7, 11) is 1.64. The van der Waals surface area contributed by atoms with Crippen LogP contribution >= 0.6 is 0 Å². The molecule has 1 heterocycles. The summed E-state index contributed by atoms with van der Waals surface area (Å²) in [6, 6.07) is 8.47. The molecule has 0 aromatic heterocycles. The maximum absolute atomic E-state index is 12.4. The Morgan fingerprint density at radius 1 is 1.38 bits per heavy atom. The van der Waals surface area contributed by atoms with Crippen molar-refractivity contribution in [2.24, 2.45) is 5.41 Å². The molecule has 1 N–H and O–H groups in total. The lowest BCUT2D eigenvalue weighted by molar-refractivity contribution is -0.146. The molecule has 0 radical (unpaired) electrons. The van der Waals surface area contributed by atoms with Gasteiger partial charge in [0, 0.05) is 25.8 Å². The monoisotopic (exact) mass is 287 g/mol. The van der Waals surface area contributed by atoms with E-state index in [0.717, 1.165) is 0 Å². The van der Waals surface area contributed by atoms with Crippen molar-refractivity contribution < 1.29 is 14.7 Å². The third-order valence-electron chi connectivity index (χ3n) is 3.93. The van der Waals surface area contributed by atoms with Gasteiger partial charge in [0.1, 0.15) is 0 Å². The molecule has 6 nitrogen and oxygen atoms in total. The lowest BCUT2D eigenvalue weighted by atomic mass is 9.90. The number of carbonyl (C=O) groups excluding carboxylic acids is 1. The summed E-state index contributed by atoms with van der Waals surface area (Å²) in [6.45, 7) is 2.30. The molecule has 2 amide bonds. The first kappa shape index (κ1) is 14.9. The van der Waals surface area contributed by atoms with Crippen molar-refractivity contribution in [3.05, 3.63) is 29.8 Å². The number of carbonyl (C=O) groups is 2. The average molecular weight is 287 g/mol. The first-order valence-electron chi connectivity index (χ1n) is 6.63. The van der Waals surface area contributed by atoms with Gasteiger partial charge >= 0.3 is 12.0 Å². The van der Waals surface area contributed by atoms with Crippen LogP contribution in [0.25, 0.3) is 0 Å². The van der Waals surface area contributed by atoms with Crippen LogP contribution in [0.2, 0.25) is 0 Å². The molecular weight excluding hydrogens is 270 g/mol. The molecule has 1 aromatic rings. The van der Waals surface area contributed by atoms with E-state index >= 15 is 0 Å². The van der Waals surface area contributed by atoms with Crippen LogP contribution in [-0.2, 0) is 4.79 Å². The van der Waals surface area contributed by atoms with Crippen molar-refractivity contribution >= 4 is 17.7 Å². The van der Waals surface area contributed by atoms with Crippen LogP contribution in [0.3, 0.4) is 0 Å². The van der Waals surface area contributed by atoms with Crippen LogP contribution in [0.4, 0.5) is 10.5 Å². The van der Waals surface area contributed by atoms with Gasteiger partial charge in [0.2, 0.25) is 0 Å². The van der Waals surface area contributed by atoms with Gasteiger partial charge in [0.25, 0.3) is 0 Å². The first-order valence-corrected chi connectivity index (χ1v) is 6.63. The Labute approximate surface area is 123 Å². The SMILES string of the molecule is CN(C(=O)N1CCC(C)(C(=O)O)C1)c1ccc(C#N)cc1. The molecule has 110 valence electrons. The van der Waals surface area contributed by atoms with Crippen LogP contribution in [0, 0.1) is 16.7 Å². The fourth-order valence-electron chi connectivity index (χ4n) is 2.38. The smallest absolute Gasteiger partial charge is 0.324 e. The van der Waals surface area contributed by atoms with Crippen LogP contribution < -0.4 is 4.90 Å². The molecule has 1 saturated heterocycles. The fraction of sp³-hybridized carbons (Fsp3) is 0.400. The van der Waals surface area contributed by atoms with Gasteiger partial charge in [-0.2, -0.15) is 5.26 Å². The highest BCUT2D eigenvalue weighted by atomic mass is 16.4. The summed E-state index contributed by atoms with van der Waals surface area (Å²) < 4.78 is 0. The summed E-state index contributed by atoms with van der Waals surface area (Å²) in [6.07, 6.45) is 0.454. The number of amides is 2. The van der Waals surface area contributed by atoms with E-state index in [1.807, 2.05) is 6.07 Å². The van der Waals surface area contributed by atoms with Gasteiger partial charge in [0.05, 0.1) is 17.0 Å². The lowest BCUT2D eigenvalue weighted by Gasteiger charge is -2.26. The highest BCUT2D eigenvalue weighted by Gasteiger charge is 2.42. The topological polar surface area (TPSA) is 84.6 Å². The minimum absolute atomic E-state index is 0.210. The van der Waals surface area contributed by atoms with Crippen molar-refractivity contribution in [2.45, 2.75) is 13.3 Å². The van der Waals surface area contributed by atoms with Gasteiger partial charge in [-0.3, -0.25) is 9.69 Å². The largest absolute Gasteiger partial charge is 0.481 e. The summed E-state index contributed by atoms with van der Waals surface area (Å²) in [5, 5.41) is 18.0. The van der Waals surface area contributed by atoms with Crippen LogP contribution in [0.5, 0.6) is 0 Å². The summed E-state index contributed by atoms with van der Waals surface area (Å²) in [5.41, 5.74) is 0.323. The van der Waals surface area contributed by atoms with Crippen molar-refractivity contribution in [2.75, 3.05) is 25.0 Å². The van der Waals surface area contributed by atoms with E-state index < -0.39 is 11.4 Å². The summed E-state index contributed by atoms with van der Waals surface area (Å²) in [4.78, 5) is 26.6. The van der Waals surface area contributed by atoms with Gasteiger partial charge in [-0.25, -0.2) is 4.79 Å². The number of carboxylic acid groups (broad SMARTS) is 1. The molecule has 0 spiro atoms. The molecular formula is C15H17N3O3. The van der Waals surface area contributed by atoms with Crippen molar-refractivity contribution in [3.8, 4) is 6.07 Å². The van der Waals surface area contributed by atoms with Crippen LogP contribution in [0.1, 0.15) is 18.9 Å². The number of likely N-dealkylation sites (tertiary alicyclic amines) is 1. The molecule has 6 heteroatoms. The minimum atomic E-state index is -0.876. The number of urea groups is 1. The van der Waals surface area contributed by atoms with Gasteiger partial charge < -0.3 is 10.0 Å².